The van der Waals surface area contributed by atoms with Crippen molar-refractivity contribution < 1.29 is 23.9 Å². The third-order valence-corrected chi connectivity index (χ3v) is 4.91. The molecule has 7 nitrogen and oxygen atoms in total. The van der Waals surface area contributed by atoms with Gasteiger partial charge < -0.3 is 14.8 Å². The highest BCUT2D eigenvalue weighted by Gasteiger charge is 2.40. The van der Waals surface area contributed by atoms with Crippen molar-refractivity contribution in [1.29, 1.82) is 0 Å². The van der Waals surface area contributed by atoms with E-state index >= 15 is 0 Å². The van der Waals surface area contributed by atoms with Crippen molar-refractivity contribution >= 4 is 17.7 Å². The molecule has 0 saturated heterocycles. The number of benzene rings is 2. The molecule has 0 spiro atoms. The van der Waals surface area contributed by atoms with Gasteiger partial charge in [0.2, 0.25) is 5.91 Å². The highest BCUT2D eigenvalue weighted by atomic mass is 16.5. The molecule has 1 N–H and O–H groups in total. The number of imide groups is 1. The second kappa shape index (κ2) is 9.43. The van der Waals surface area contributed by atoms with E-state index in [-0.39, 0.29) is 5.91 Å². The number of hydrogen-bond donors (Lipinski definition) is 1. The Morgan fingerprint density at radius 3 is 2.17 bits per heavy atom. The van der Waals surface area contributed by atoms with Crippen LogP contribution in [0.3, 0.4) is 0 Å². The summed E-state index contributed by atoms with van der Waals surface area (Å²) in [6.45, 7) is 6.81. The first-order chi connectivity index (χ1) is 14.5. The molecular formula is C23H26N2O5. The predicted molar refractivity (Wildman–Crippen MR) is 112 cm³/mol. The molecule has 0 fully saturated rings. The van der Waals surface area contributed by atoms with Crippen molar-refractivity contribution in [3.63, 3.8) is 0 Å². The number of carbonyl (C=O) groups is 3. The highest BCUT2D eigenvalue weighted by Crippen LogP contribution is 2.29. The first kappa shape index (κ1) is 21.4. The van der Waals surface area contributed by atoms with Crippen LogP contribution >= 0.6 is 0 Å². The normalized spacial score (nSPS) is 13.8. The summed E-state index contributed by atoms with van der Waals surface area (Å²) in [6.07, 6.45) is 0.576. The van der Waals surface area contributed by atoms with Crippen LogP contribution in [0.25, 0.3) is 0 Å². The number of carbonyl (C=O) groups excluding carboxylic acids is 3. The van der Waals surface area contributed by atoms with Crippen LogP contribution in [0.2, 0.25) is 0 Å². The molecule has 2 aromatic rings. The van der Waals surface area contributed by atoms with Crippen molar-refractivity contribution in [2.75, 3.05) is 19.8 Å². The van der Waals surface area contributed by atoms with Crippen molar-refractivity contribution in [3.05, 3.63) is 59.2 Å². The molecule has 3 rings (SSSR count). The fourth-order valence-corrected chi connectivity index (χ4v) is 3.41. The van der Waals surface area contributed by atoms with E-state index in [1.807, 2.05) is 32.0 Å². The van der Waals surface area contributed by atoms with Crippen molar-refractivity contribution in [3.8, 4) is 11.5 Å². The van der Waals surface area contributed by atoms with Gasteiger partial charge in [0.15, 0.2) is 11.5 Å². The number of nitrogens with one attached hydrogen (secondary N) is 1. The quantitative estimate of drug-likeness (QED) is 0.643. The van der Waals surface area contributed by atoms with Gasteiger partial charge in [0.1, 0.15) is 6.04 Å². The molecule has 1 aliphatic heterocycles. The van der Waals surface area contributed by atoms with Gasteiger partial charge in [0.05, 0.1) is 24.3 Å². The Balaban J connectivity index is 1.59. The van der Waals surface area contributed by atoms with Crippen LogP contribution in [-0.2, 0) is 11.2 Å². The fourth-order valence-electron chi connectivity index (χ4n) is 3.41. The maximum atomic E-state index is 12.6. The predicted octanol–water partition coefficient (Wildman–Crippen LogP) is 2.83. The molecule has 158 valence electrons. The molecule has 0 radical (unpaired) electrons. The summed E-state index contributed by atoms with van der Waals surface area (Å²) in [5, 5.41) is 2.81. The summed E-state index contributed by atoms with van der Waals surface area (Å²) < 4.78 is 11.2. The molecule has 0 saturated carbocycles. The van der Waals surface area contributed by atoms with Crippen LogP contribution < -0.4 is 14.8 Å². The first-order valence-corrected chi connectivity index (χ1v) is 10.1. The first-order valence-electron chi connectivity index (χ1n) is 10.1. The molecule has 7 heteroatoms. The van der Waals surface area contributed by atoms with E-state index < -0.39 is 17.9 Å². The molecule has 1 aliphatic rings. The van der Waals surface area contributed by atoms with Gasteiger partial charge in [-0.2, -0.15) is 0 Å². The maximum Gasteiger partial charge on any atom is 0.262 e. The summed E-state index contributed by atoms with van der Waals surface area (Å²) >= 11 is 0. The minimum atomic E-state index is -0.892. The molecule has 2 aromatic carbocycles. The van der Waals surface area contributed by atoms with E-state index in [0.717, 1.165) is 10.5 Å². The molecular weight excluding hydrogens is 384 g/mol. The molecule has 0 aromatic heterocycles. The Hall–Kier alpha value is -3.35. The molecule has 30 heavy (non-hydrogen) atoms. The number of nitrogens with zero attached hydrogens (tertiary/aromatic N) is 1. The van der Waals surface area contributed by atoms with Gasteiger partial charge in [0.25, 0.3) is 11.8 Å². The number of amides is 3. The second-order valence-electron chi connectivity index (χ2n) is 6.89. The van der Waals surface area contributed by atoms with E-state index in [9.17, 15) is 14.4 Å². The summed E-state index contributed by atoms with van der Waals surface area (Å²) in [5.41, 5.74) is 1.65. The third-order valence-electron chi connectivity index (χ3n) is 4.91. The largest absolute Gasteiger partial charge is 0.490 e. The zero-order valence-electron chi connectivity index (χ0n) is 17.4. The van der Waals surface area contributed by atoms with E-state index in [2.05, 4.69) is 5.32 Å². The van der Waals surface area contributed by atoms with Gasteiger partial charge in [-0.3, -0.25) is 19.3 Å². The van der Waals surface area contributed by atoms with Crippen LogP contribution in [-0.4, -0.2) is 48.4 Å². The molecule has 0 aliphatic carbocycles. The lowest BCUT2D eigenvalue weighted by molar-refractivity contribution is -0.124. The van der Waals surface area contributed by atoms with E-state index in [0.29, 0.717) is 48.8 Å². The Morgan fingerprint density at radius 2 is 1.57 bits per heavy atom. The maximum absolute atomic E-state index is 12.6. The average molecular weight is 410 g/mol. The fraction of sp³-hybridized carbons (Fsp3) is 0.348. The Kier molecular flexibility index (Phi) is 6.72. The van der Waals surface area contributed by atoms with Gasteiger partial charge in [-0.25, -0.2) is 0 Å². The van der Waals surface area contributed by atoms with Gasteiger partial charge in [-0.1, -0.05) is 18.2 Å². The molecule has 0 bridgehead atoms. The zero-order valence-corrected chi connectivity index (χ0v) is 17.4. The minimum absolute atomic E-state index is 0.333. The van der Waals surface area contributed by atoms with Crippen molar-refractivity contribution in [2.24, 2.45) is 0 Å². The molecule has 1 atom stereocenters. The number of fused-ring (bicyclic) bond motifs is 1. The van der Waals surface area contributed by atoms with Crippen LogP contribution in [0.15, 0.2) is 42.5 Å². The van der Waals surface area contributed by atoms with Gasteiger partial charge in [0, 0.05) is 6.54 Å². The smallest absolute Gasteiger partial charge is 0.262 e. The summed E-state index contributed by atoms with van der Waals surface area (Å²) in [5.74, 6) is 0.103. The summed E-state index contributed by atoms with van der Waals surface area (Å²) in [6, 6.07) is 11.4. The van der Waals surface area contributed by atoms with Gasteiger partial charge >= 0.3 is 0 Å². The van der Waals surface area contributed by atoms with Gasteiger partial charge in [-0.15, -0.1) is 0 Å². The second-order valence-corrected chi connectivity index (χ2v) is 6.89. The standard InChI is InChI=1S/C23H26N2O5/c1-4-29-19-11-10-16(14-20(19)30-5-2)12-13-24-21(26)15(3)25-22(27)17-8-6-7-9-18(17)23(25)28/h6-11,14-15H,4-5,12-13H2,1-3H3,(H,24,26). The average Bonchev–Trinajstić information content (AvgIpc) is 3.00. The number of ether oxygens (including phenoxy) is 2. The monoisotopic (exact) mass is 410 g/mol. The summed E-state index contributed by atoms with van der Waals surface area (Å²) in [4.78, 5) is 38.7. The Labute approximate surface area is 176 Å². The molecule has 3 amide bonds. The number of rotatable bonds is 9. The molecule has 1 unspecified atom stereocenters. The van der Waals surface area contributed by atoms with Crippen molar-refractivity contribution in [1.82, 2.24) is 10.2 Å². The van der Waals surface area contributed by atoms with E-state index in [1.165, 1.54) is 0 Å². The summed E-state index contributed by atoms with van der Waals surface area (Å²) in [7, 11) is 0. The Bertz CT molecular complexity index is 921. The van der Waals surface area contributed by atoms with Gasteiger partial charge in [-0.05, 0) is 57.0 Å². The highest BCUT2D eigenvalue weighted by molar-refractivity contribution is 6.22. The SMILES string of the molecule is CCOc1ccc(CCNC(=O)C(C)N2C(=O)c3ccccc3C2=O)cc1OCC. The topological polar surface area (TPSA) is 84.9 Å². The molecule has 1 heterocycles. The van der Waals surface area contributed by atoms with Crippen LogP contribution in [0.4, 0.5) is 0 Å². The lowest BCUT2D eigenvalue weighted by Crippen LogP contribution is -2.48. The lowest BCUT2D eigenvalue weighted by Gasteiger charge is -2.21. The van der Waals surface area contributed by atoms with Crippen LogP contribution in [0.5, 0.6) is 11.5 Å². The third kappa shape index (κ3) is 4.30. The van der Waals surface area contributed by atoms with Crippen LogP contribution in [0, 0.1) is 0 Å². The van der Waals surface area contributed by atoms with Crippen LogP contribution in [0.1, 0.15) is 47.1 Å². The number of hydrogen-bond acceptors (Lipinski definition) is 5. The Morgan fingerprint density at radius 1 is 0.967 bits per heavy atom. The van der Waals surface area contributed by atoms with Crippen molar-refractivity contribution in [2.45, 2.75) is 33.2 Å². The minimum Gasteiger partial charge on any atom is -0.490 e. The van der Waals surface area contributed by atoms with E-state index in [4.69, 9.17) is 9.47 Å². The zero-order chi connectivity index (χ0) is 21.7. The lowest BCUT2D eigenvalue weighted by atomic mass is 10.1. The van der Waals surface area contributed by atoms with E-state index in [1.54, 1.807) is 31.2 Å².